The van der Waals surface area contributed by atoms with E-state index in [1.54, 1.807) is 20.8 Å². The van der Waals surface area contributed by atoms with E-state index in [2.05, 4.69) is 15.0 Å². The first-order chi connectivity index (χ1) is 9.74. The average Bonchev–Trinajstić information content (AvgIpc) is 2.87. The maximum absolute atomic E-state index is 12.2. The number of cyclic esters (lactones) is 1. The Morgan fingerprint density at radius 2 is 2.14 bits per heavy atom. The van der Waals surface area contributed by atoms with Gasteiger partial charge >= 0.3 is 11.9 Å². The van der Waals surface area contributed by atoms with E-state index in [-0.39, 0.29) is 18.0 Å². The van der Waals surface area contributed by atoms with Gasteiger partial charge in [0.2, 0.25) is 5.91 Å². The molecule has 0 aromatic carbocycles. The van der Waals surface area contributed by atoms with Crippen molar-refractivity contribution >= 4 is 34.3 Å². The Bertz CT molecular complexity index is 608. The largest absolute Gasteiger partial charge is 0.464 e. The van der Waals surface area contributed by atoms with Crippen molar-refractivity contribution in [2.75, 3.05) is 12.4 Å². The van der Waals surface area contributed by atoms with Crippen molar-refractivity contribution in [3.8, 4) is 0 Å². The van der Waals surface area contributed by atoms with Crippen LogP contribution >= 0.6 is 11.3 Å². The van der Waals surface area contributed by atoms with Crippen LogP contribution in [0.3, 0.4) is 0 Å². The lowest BCUT2D eigenvalue weighted by Gasteiger charge is -2.23. The number of carbonyl (C=O) groups excluding carboxylic acids is 3. The zero-order valence-electron chi connectivity index (χ0n) is 12.2. The van der Waals surface area contributed by atoms with Crippen molar-refractivity contribution in [3.63, 3.8) is 0 Å². The second-order valence-electron chi connectivity index (χ2n) is 5.24. The van der Waals surface area contributed by atoms with Gasteiger partial charge in [-0.25, -0.2) is 9.78 Å². The molecule has 2 rings (SSSR count). The lowest BCUT2D eigenvalue weighted by atomic mass is 9.90. The highest BCUT2D eigenvalue weighted by Gasteiger charge is 2.46. The minimum atomic E-state index is -0.849. The van der Waals surface area contributed by atoms with E-state index in [9.17, 15) is 14.4 Å². The van der Waals surface area contributed by atoms with Crippen LogP contribution in [0.4, 0.5) is 5.13 Å². The number of amides is 1. The normalized spacial score (nSPS) is 20.0. The Morgan fingerprint density at radius 3 is 2.67 bits per heavy atom. The number of carbonyl (C=O) groups is 3. The molecule has 114 valence electrons. The summed E-state index contributed by atoms with van der Waals surface area (Å²) < 4.78 is 9.72. The quantitative estimate of drug-likeness (QED) is 0.850. The van der Waals surface area contributed by atoms with Crippen LogP contribution in [-0.2, 0) is 19.1 Å². The number of hydrogen-bond acceptors (Lipinski definition) is 7. The minimum Gasteiger partial charge on any atom is -0.464 e. The van der Waals surface area contributed by atoms with E-state index >= 15 is 0 Å². The molecule has 1 N–H and O–H groups in total. The number of rotatable bonds is 3. The molecule has 0 aliphatic carbocycles. The first kappa shape index (κ1) is 15.4. The molecular formula is C13H16N2O5S. The number of aryl methyl sites for hydroxylation is 1. The Morgan fingerprint density at radius 1 is 1.48 bits per heavy atom. The van der Waals surface area contributed by atoms with Gasteiger partial charge in [-0.2, -0.15) is 0 Å². The standard InChI is InChI=1S/C13H16N2O5S/c1-6-9(11(18)19-4)14-12(21-6)15-10(17)7-5-8(16)20-13(7,2)3/h7H,5H2,1-4H3,(H,14,15,17). The average molecular weight is 312 g/mol. The molecule has 0 bridgehead atoms. The number of nitrogens with one attached hydrogen (secondary N) is 1. The van der Waals surface area contributed by atoms with E-state index in [0.29, 0.717) is 10.0 Å². The van der Waals surface area contributed by atoms with Gasteiger partial charge in [0.1, 0.15) is 5.60 Å². The fourth-order valence-electron chi connectivity index (χ4n) is 2.16. The van der Waals surface area contributed by atoms with E-state index in [0.717, 1.165) is 0 Å². The molecule has 1 atom stereocenters. The number of ether oxygens (including phenoxy) is 2. The lowest BCUT2D eigenvalue weighted by molar-refractivity contribution is -0.147. The molecule has 7 nitrogen and oxygen atoms in total. The number of thiazole rings is 1. The number of anilines is 1. The van der Waals surface area contributed by atoms with Gasteiger partial charge < -0.3 is 14.8 Å². The van der Waals surface area contributed by atoms with Crippen LogP contribution in [0.15, 0.2) is 0 Å². The lowest BCUT2D eigenvalue weighted by Crippen LogP contribution is -2.36. The fraction of sp³-hybridized carbons (Fsp3) is 0.538. The summed E-state index contributed by atoms with van der Waals surface area (Å²) in [6.07, 6.45) is 0.0348. The van der Waals surface area contributed by atoms with Gasteiger partial charge in [-0.3, -0.25) is 9.59 Å². The summed E-state index contributed by atoms with van der Waals surface area (Å²) >= 11 is 1.18. The predicted octanol–water partition coefficient (Wildman–Crippen LogP) is 1.52. The Balaban J connectivity index is 2.14. The topological polar surface area (TPSA) is 94.6 Å². The zero-order valence-corrected chi connectivity index (χ0v) is 13.0. The summed E-state index contributed by atoms with van der Waals surface area (Å²) in [6, 6.07) is 0. The van der Waals surface area contributed by atoms with Gasteiger partial charge in [-0.15, -0.1) is 11.3 Å². The van der Waals surface area contributed by atoms with Crippen molar-refractivity contribution in [3.05, 3.63) is 10.6 Å². The van der Waals surface area contributed by atoms with Crippen LogP contribution in [0.1, 0.15) is 35.6 Å². The summed E-state index contributed by atoms with van der Waals surface area (Å²) in [5, 5.41) is 2.93. The smallest absolute Gasteiger partial charge is 0.357 e. The number of esters is 2. The van der Waals surface area contributed by atoms with Gasteiger partial charge in [-0.05, 0) is 20.8 Å². The maximum Gasteiger partial charge on any atom is 0.357 e. The molecule has 1 aromatic heterocycles. The Hall–Kier alpha value is -1.96. The molecule has 1 aliphatic heterocycles. The van der Waals surface area contributed by atoms with E-state index in [1.807, 2.05) is 0 Å². The van der Waals surface area contributed by atoms with Crippen LogP contribution in [0.5, 0.6) is 0 Å². The molecule has 2 heterocycles. The highest BCUT2D eigenvalue weighted by molar-refractivity contribution is 7.16. The first-order valence-electron chi connectivity index (χ1n) is 6.33. The van der Waals surface area contributed by atoms with Crippen LogP contribution < -0.4 is 5.32 Å². The fourth-order valence-corrected chi connectivity index (χ4v) is 2.96. The van der Waals surface area contributed by atoms with Crippen molar-refractivity contribution in [2.45, 2.75) is 32.8 Å². The third-order valence-corrected chi connectivity index (χ3v) is 4.20. The van der Waals surface area contributed by atoms with Gasteiger partial charge in [-0.1, -0.05) is 0 Å². The molecule has 1 unspecified atom stereocenters. The Kier molecular flexibility index (Phi) is 3.99. The highest BCUT2D eigenvalue weighted by Crippen LogP contribution is 2.33. The summed E-state index contributed by atoms with van der Waals surface area (Å²) in [5.74, 6) is -1.89. The first-order valence-corrected chi connectivity index (χ1v) is 7.14. The number of aromatic nitrogens is 1. The van der Waals surface area contributed by atoms with Crippen molar-refractivity contribution < 1.29 is 23.9 Å². The van der Waals surface area contributed by atoms with Gasteiger partial charge in [0.25, 0.3) is 0 Å². The number of nitrogens with zero attached hydrogens (tertiary/aromatic N) is 1. The molecule has 8 heteroatoms. The molecule has 1 aromatic rings. The number of methoxy groups -OCH3 is 1. The van der Waals surface area contributed by atoms with Gasteiger partial charge in [0.15, 0.2) is 10.8 Å². The van der Waals surface area contributed by atoms with E-state index in [1.165, 1.54) is 18.4 Å². The summed E-state index contributed by atoms with van der Waals surface area (Å²) in [6.45, 7) is 5.09. The second kappa shape index (κ2) is 5.44. The molecule has 0 saturated carbocycles. The van der Waals surface area contributed by atoms with E-state index < -0.39 is 23.5 Å². The molecular weight excluding hydrogens is 296 g/mol. The minimum absolute atomic E-state index is 0.0348. The monoisotopic (exact) mass is 312 g/mol. The molecule has 0 radical (unpaired) electrons. The molecule has 0 spiro atoms. The molecule has 1 fully saturated rings. The van der Waals surface area contributed by atoms with Crippen LogP contribution in [-0.4, -0.2) is 35.5 Å². The van der Waals surface area contributed by atoms with Gasteiger partial charge in [0, 0.05) is 4.88 Å². The molecule has 1 amide bonds. The van der Waals surface area contributed by atoms with Crippen LogP contribution in [0.25, 0.3) is 0 Å². The molecule has 1 saturated heterocycles. The maximum atomic E-state index is 12.2. The molecule has 1 aliphatic rings. The van der Waals surface area contributed by atoms with Gasteiger partial charge in [0.05, 0.1) is 19.4 Å². The van der Waals surface area contributed by atoms with Crippen molar-refractivity contribution in [2.24, 2.45) is 5.92 Å². The second-order valence-corrected chi connectivity index (χ2v) is 6.44. The van der Waals surface area contributed by atoms with Crippen molar-refractivity contribution in [1.82, 2.24) is 4.98 Å². The highest BCUT2D eigenvalue weighted by atomic mass is 32.1. The van der Waals surface area contributed by atoms with Crippen LogP contribution in [0.2, 0.25) is 0 Å². The summed E-state index contributed by atoms with van der Waals surface area (Å²) in [4.78, 5) is 39.8. The van der Waals surface area contributed by atoms with Crippen LogP contribution in [0, 0.1) is 12.8 Å². The SMILES string of the molecule is COC(=O)c1nc(NC(=O)C2CC(=O)OC2(C)C)sc1C. The van der Waals surface area contributed by atoms with Crippen molar-refractivity contribution in [1.29, 1.82) is 0 Å². The Labute approximate surface area is 125 Å². The third kappa shape index (κ3) is 3.05. The third-order valence-electron chi connectivity index (χ3n) is 3.31. The molecule has 21 heavy (non-hydrogen) atoms. The predicted molar refractivity (Wildman–Crippen MR) is 75.1 cm³/mol. The van der Waals surface area contributed by atoms with E-state index in [4.69, 9.17) is 4.74 Å². The summed E-state index contributed by atoms with van der Waals surface area (Å²) in [7, 11) is 1.27. The zero-order chi connectivity index (χ0) is 15.8. The number of hydrogen-bond donors (Lipinski definition) is 1. The summed E-state index contributed by atoms with van der Waals surface area (Å²) in [5.41, 5.74) is -0.672.